The van der Waals surface area contributed by atoms with Gasteiger partial charge < -0.3 is 4.74 Å². The van der Waals surface area contributed by atoms with Gasteiger partial charge in [-0.15, -0.1) is 23.3 Å². The predicted octanol–water partition coefficient (Wildman–Crippen LogP) is 2.03. The molecule has 1 rings (SSSR count). The van der Waals surface area contributed by atoms with Crippen LogP contribution in [-0.2, 0) is 0 Å². The second-order valence-electron chi connectivity index (χ2n) is 2.06. The number of thiol groups is 1. The molecule has 0 aliphatic carbocycles. The molecule has 1 aromatic rings. The molecule has 0 N–H and O–H groups in total. The summed E-state index contributed by atoms with van der Waals surface area (Å²) < 4.78 is 5.17. The SMILES string of the molecule is SSc1cnc(OCC#CCCl)cn1. The Morgan fingerprint density at radius 3 is 2.86 bits per heavy atom. The maximum Gasteiger partial charge on any atom is 0.233 e. The average Bonchev–Trinajstić information content (AvgIpc) is 2.25. The third kappa shape index (κ3) is 4.09. The molecule has 0 spiro atoms. The van der Waals surface area contributed by atoms with E-state index in [4.69, 9.17) is 16.3 Å². The van der Waals surface area contributed by atoms with Gasteiger partial charge in [-0.3, -0.25) is 0 Å². The minimum atomic E-state index is 0.273. The van der Waals surface area contributed by atoms with Gasteiger partial charge in [0.25, 0.3) is 0 Å². The van der Waals surface area contributed by atoms with E-state index in [1.807, 2.05) is 0 Å². The Bertz CT molecular complexity index is 333. The highest BCUT2D eigenvalue weighted by molar-refractivity contribution is 8.68. The Kier molecular flexibility index (Phi) is 5.60. The van der Waals surface area contributed by atoms with Gasteiger partial charge in [0.05, 0.1) is 18.3 Å². The second-order valence-corrected chi connectivity index (χ2v) is 3.48. The Balaban J connectivity index is 2.43. The first-order valence-electron chi connectivity index (χ1n) is 3.64. The first-order chi connectivity index (χ1) is 6.86. The van der Waals surface area contributed by atoms with Crippen molar-refractivity contribution < 1.29 is 4.74 Å². The van der Waals surface area contributed by atoms with E-state index in [9.17, 15) is 0 Å². The van der Waals surface area contributed by atoms with Crippen molar-refractivity contribution in [3.8, 4) is 17.7 Å². The van der Waals surface area contributed by atoms with Crippen LogP contribution in [-0.4, -0.2) is 22.5 Å². The van der Waals surface area contributed by atoms with Crippen LogP contribution in [0.5, 0.6) is 5.88 Å². The van der Waals surface area contributed by atoms with E-state index in [1.165, 1.54) is 17.0 Å². The number of aromatic nitrogens is 2. The van der Waals surface area contributed by atoms with Gasteiger partial charge in [0.15, 0.2) is 6.61 Å². The van der Waals surface area contributed by atoms with E-state index >= 15 is 0 Å². The molecule has 0 saturated carbocycles. The van der Waals surface area contributed by atoms with Gasteiger partial charge in [0.2, 0.25) is 5.88 Å². The molecule has 0 fully saturated rings. The van der Waals surface area contributed by atoms with E-state index in [-0.39, 0.29) is 6.61 Å². The number of halogens is 1. The van der Waals surface area contributed by atoms with Crippen molar-refractivity contribution in [2.24, 2.45) is 0 Å². The van der Waals surface area contributed by atoms with Crippen molar-refractivity contribution in [2.45, 2.75) is 5.03 Å². The van der Waals surface area contributed by atoms with Gasteiger partial charge in [0, 0.05) is 0 Å². The summed E-state index contributed by atoms with van der Waals surface area (Å²) in [6.07, 6.45) is 3.11. The third-order valence-electron chi connectivity index (χ3n) is 1.18. The molecule has 14 heavy (non-hydrogen) atoms. The zero-order chi connectivity index (χ0) is 10.2. The Morgan fingerprint density at radius 1 is 1.43 bits per heavy atom. The van der Waals surface area contributed by atoms with E-state index in [0.29, 0.717) is 11.8 Å². The highest BCUT2D eigenvalue weighted by Gasteiger charge is 1.95. The lowest BCUT2D eigenvalue weighted by molar-refractivity contribution is 0.352. The smallest absolute Gasteiger partial charge is 0.233 e. The lowest BCUT2D eigenvalue weighted by Gasteiger charge is -1.99. The van der Waals surface area contributed by atoms with Crippen molar-refractivity contribution in [3.05, 3.63) is 12.4 Å². The minimum absolute atomic E-state index is 0.273. The number of hydrogen-bond donors (Lipinski definition) is 1. The molecule has 1 heterocycles. The summed E-state index contributed by atoms with van der Waals surface area (Å²) in [5.41, 5.74) is 0. The number of hydrogen-bond acceptors (Lipinski definition) is 5. The molecule has 0 radical (unpaired) electrons. The van der Waals surface area contributed by atoms with Crippen LogP contribution in [0.4, 0.5) is 0 Å². The van der Waals surface area contributed by atoms with E-state index in [0.717, 1.165) is 5.03 Å². The van der Waals surface area contributed by atoms with Crippen molar-refractivity contribution in [2.75, 3.05) is 12.5 Å². The summed E-state index contributed by atoms with van der Waals surface area (Å²) in [4.78, 5) is 8.01. The molecule has 0 unspecified atom stereocenters. The maximum atomic E-state index is 5.35. The van der Waals surface area contributed by atoms with Crippen molar-refractivity contribution >= 4 is 34.1 Å². The van der Waals surface area contributed by atoms with Crippen LogP contribution in [0, 0.1) is 11.8 Å². The van der Waals surface area contributed by atoms with Crippen LogP contribution in [0.25, 0.3) is 0 Å². The molecule has 0 aliphatic rings. The minimum Gasteiger partial charge on any atom is -0.463 e. The van der Waals surface area contributed by atoms with Gasteiger partial charge in [-0.1, -0.05) is 11.8 Å². The molecule has 3 nitrogen and oxygen atoms in total. The lowest BCUT2D eigenvalue weighted by Crippen LogP contribution is -1.97. The highest BCUT2D eigenvalue weighted by Crippen LogP contribution is 2.18. The highest BCUT2D eigenvalue weighted by atomic mass is 35.5. The summed E-state index contributed by atoms with van der Waals surface area (Å²) in [5.74, 6) is 6.14. The largest absolute Gasteiger partial charge is 0.463 e. The third-order valence-corrected chi connectivity index (χ3v) is 2.27. The summed E-state index contributed by atoms with van der Waals surface area (Å²) in [5, 5.41) is 0.729. The molecule has 0 saturated heterocycles. The van der Waals surface area contributed by atoms with Crippen molar-refractivity contribution in [1.82, 2.24) is 9.97 Å². The van der Waals surface area contributed by atoms with Crippen molar-refractivity contribution in [3.63, 3.8) is 0 Å². The van der Waals surface area contributed by atoms with E-state index in [1.54, 1.807) is 6.20 Å². The fourth-order valence-electron chi connectivity index (χ4n) is 0.634. The van der Waals surface area contributed by atoms with Crippen LogP contribution < -0.4 is 4.74 Å². The second kappa shape index (κ2) is 6.82. The van der Waals surface area contributed by atoms with Gasteiger partial charge in [0.1, 0.15) is 5.03 Å². The predicted molar refractivity (Wildman–Crippen MR) is 60.9 cm³/mol. The molecule has 0 bridgehead atoms. The van der Waals surface area contributed by atoms with E-state index in [2.05, 4.69) is 33.5 Å². The average molecular weight is 247 g/mol. The monoisotopic (exact) mass is 246 g/mol. The molecular formula is C8H7ClN2OS2. The Hall–Kier alpha value is -0.570. The van der Waals surface area contributed by atoms with Crippen LogP contribution in [0.2, 0.25) is 0 Å². The van der Waals surface area contributed by atoms with Crippen LogP contribution in [0.15, 0.2) is 17.4 Å². The topological polar surface area (TPSA) is 35.0 Å². The standard InChI is InChI=1S/C8H7ClN2OS2/c9-3-1-2-4-12-7-5-11-8(14-13)6-10-7/h5-6,13H,3-4H2. The molecule has 0 atom stereocenters. The number of nitrogens with zero attached hydrogens (tertiary/aromatic N) is 2. The van der Waals surface area contributed by atoms with Gasteiger partial charge in [-0.2, -0.15) is 0 Å². The lowest BCUT2D eigenvalue weighted by atomic mass is 10.6. The Labute approximate surface area is 96.4 Å². The molecule has 74 valence electrons. The Morgan fingerprint density at radius 2 is 2.29 bits per heavy atom. The number of ether oxygens (including phenoxy) is 1. The summed E-state index contributed by atoms with van der Waals surface area (Å²) >= 11 is 9.33. The fourth-order valence-corrected chi connectivity index (χ4v) is 1.21. The maximum absolute atomic E-state index is 5.35. The molecule has 0 amide bonds. The molecule has 1 aromatic heterocycles. The first kappa shape index (κ1) is 11.5. The van der Waals surface area contributed by atoms with Crippen LogP contribution in [0.1, 0.15) is 0 Å². The fraction of sp³-hybridized carbons (Fsp3) is 0.250. The van der Waals surface area contributed by atoms with E-state index < -0.39 is 0 Å². The van der Waals surface area contributed by atoms with Crippen LogP contribution >= 0.6 is 34.1 Å². The summed E-state index contributed by atoms with van der Waals surface area (Å²) in [6, 6.07) is 0. The quantitative estimate of drug-likeness (QED) is 0.383. The molecule has 0 aromatic carbocycles. The molecular weight excluding hydrogens is 240 g/mol. The number of alkyl halides is 1. The molecule has 6 heteroatoms. The summed E-state index contributed by atoms with van der Waals surface area (Å²) in [7, 11) is 1.23. The normalized spacial score (nSPS) is 9.00. The zero-order valence-corrected chi connectivity index (χ0v) is 9.57. The van der Waals surface area contributed by atoms with Crippen LogP contribution in [0.3, 0.4) is 0 Å². The molecule has 0 aliphatic heterocycles. The van der Waals surface area contributed by atoms with Gasteiger partial charge >= 0.3 is 0 Å². The number of rotatable bonds is 3. The first-order valence-corrected chi connectivity index (χ1v) is 6.05. The van der Waals surface area contributed by atoms with Gasteiger partial charge in [-0.25, -0.2) is 9.97 Å². The van der Waals surface area contributed by atoms with Crippen molar-refractivity contribution in [1.29, 1.82) is 0 Å². The zero-order valence-electron chi connectivity index (χ0n) is 7.11. The summed E-state index contributed by atoms with van der Waals surface area (Å²) in [6.45, 7) is 0.273. The van der Waals surface area contributed by atoms with Gasteiger partial charge in [-0.05, 0) is 10.8 Å².